The summed E-state index contributed by atoms with van der Waals surface area (Å²) in [7, 11) is -2.49. The Morgan fingerprint density at radius 2 is 2.10 bits per heavy atom. The summed E-state index contributed by atoms with van der Waals surface area (Å²) in [6.45, 7) is 1.76. The molecule has 3 aromatic rings. The Kier molecular flexibility index (Phi) is 5.85. The van der Waals surface area contributed by atoms with Crippen LogP contribution in [0.4, 0.5) is 15.1 Å². The van der Waals surface area contributed by atoms with E-state index >= 15 is 0 Å². The number of nitrogens with zero attached hydrogens (tertiary/aromatic N) is 3. The number of aryl methyl sites for hydroxylation is 2. The van der Waals surface area contributed by atoms with Crippen LogP contribution in [0.5, 0.6) is 0 Å². The lowest BCUT2D eigenvalue weighted by Crippen LogP contribution is -2.25. The van der Waals surface area contributed by atoms with Gasteiger partial charge in [-0.2, -0.15) is 0 Å². The van der Waals surface area contributed by atoms with Crippen molar-refractivity contribution in [3.05, 3.63) is 53.4 Å². The molecule has 0 saturated carbocycles. The molecule has 0 fully saturated rings. The number of halogens is 1. The van der Waals surface area contributed by atoms with E-state index in [4.69, 9.17) is 0 Å². The molecule has 0 spiro atoms. The second-order valence-electron chi connectivity index (χ2n) is 6.29. The summed E-state index contributed by atoms with van der Waals surface area (Å²) < 4.78 is 44.8. The smallest absolute Gasteiger partial charge is 0.266 e. The molecule has 3 rings (SSSR count). The molecule has 158 valence electrons. The number of amides is 1. The number of carbonyl (C=O) groups excluding carboxylic acids is 2. The first kappa shape index (κ1) is 21.4. The lowest BCUT2D eigenvalue weighted by Gasteiger charge is -2.10. The number of thiazole rings is 1. The molecule has 1 aromatic carbocycles. The standard InChI is InChI=1S/C17H16FN5O5S2/c1-10-6-22(2)9-23(10)7-14(24)20-13-4-3-11(5-12(13)18)30(27,28)21-16-15(17(25)26)19-8-29-16/h3-6,8-9,21H,7H2,1-2H3,(H-,20,24,25,26). The molecule has 0 radical (unpaired) electrons. The Labute approximate surface area is 174 Å². The first-order chi connectivity index (χ1) is 14.1. The number of carboxylic acid groups (broad SMARTS) is 1. The van der Waals surface area contributed by atoms with E-state index in [2.05, 4.69) is 10.3 Å². The van der Waals surface area contributed by atoms with Crippen LogP contribution in [0.3, 0.4) is 0 Å². The first-order valence-electron chi connectivity index (χ1n) is 8.36. The highest BCUT2D eigenvalue weighted by atomic mass is 32.2. The normalized spacial score (nSPS) is 11.3. The third-order valence-electron chi connectivity index (χ3n) is 3.99. The molecule has 0 saturated heterocycles. The maximum absolute atomic E-state index is 14.4. The summed E-state index contributed by atoms with van der Waals surface area (Å²) in [6, 6.07) is 2.91. The second-order valence-corrected chi connectivity index (χ2v) is 8.83. The number of sulfonamides is 1. The van der Waals surface area contributed by atoms with Gasteiger partial charge in [-0.3, -0.25) is 9.52 Å². The van der Waals surface area contributed by atoms with Crippen LogP contribution < -0.4 is 19.7 Å². The monoisotopic (exact) mass is 453 g/mol. The number of nitrogens with one attached hydrogen (secondary N) is 2. The van der Waals surface area contributed by atoms with Crippen molar-refractivity contribution >= 4 is 43.9 Å². The molecule has 0 atom stereocenters. The van der Waals surface area contributed by atoms with Crippen molar-refractivity contribution in [3.63, 3.8) is 0 Å². The number of hydrogen-bond donors (Lipinski definition) is 2. The van der Waals surface area contributed by atoms with Crippen molar-refractivity contribution < 1.29 is 32.1 Å². The Morgan fingerprint density at radius 3 is 2.70 bits per heavy atom. The van der Waals surface area contributed by atoms with Crippen molar-refractivity contribution in [2.45, 2.75) is 18.4 Å². The Morgan fingerprint density at radius 1 is 1.37 bits per heavy atom. The fraction of sp³-hybridized carbons (Fsp3) is 0.176. The highest BCUT2D eigenvalue weighted by molar-refractivity contribution is 7.93. The van der Waals surface area contributed by atoms with Crippen molar-refractivity contribution in [1.82, 2.24) is 9.55 Å². The first-order valence-corrected chi connectivity index (χ1v) is 10.7. The van der Waals surface area contributed by atoms with Gasteiger partial charge in [-0.05, 0) is 18.2 Å². The fourth-order valence-electron chi connectivity index (χ4n) is 2.63. The molecule has 0 aliphatic carbocycles. The Balaban J connectivity index is 1.75. The average Bonchev–Trinajstić information content (AvgIpc) is 3.22. The molecular weight excluding hydrogens is 437 g/mol. The Hall–Kier alpha value is -3.32. The van der Waals surface area contributed by atoms with Gasteiger partial charge < -0.3 is 15.2 Å². The number of rotatable bonds is 7. The summed E-state index contributed by atoms with van der Waals surface area (Å²) in [5.74, 6) is -3.11. The average molecular weight is 453 g/mol. The molecule has 2 heterocycles. The van der Waals surface area contributed by atoms with Crippen molar-refractivity contribution in [2.24, 2.45) is 7.05 Å². The number of carbonyl (C=O) groups is 2. The van der Waals surface area contributed by atoms with Crippen molar-refractivity contribution in [1.29, 1.82) is 0 Å². The highest BCUT2D eigenvalue weighted by Gasteiger charge is 2.21. The van der Waals surface area contributed by atoms with Gasteiger partial charge in [0, 0.05) is 6.92 Å². The molecule has 1 amide bonds. The third kappa shape index (κ3) is 4.63. The lowest BCUT2D eigenvalue weighted by molar-refractivity contribution is -0.671. The van der Waals surface area contributed by atoms with Crippen LogP contribution in [-0.4, -0.2) is 29.8 Å². The zero-order chi connectivity index (χ0) is 22.1. The number of aromatic carboxylic acids is 1. The summed E-state index contributed by atoms with van der Waals surface area (Å²) >= 11 is 0.742. The summed E-state index contributed by atoms with van der Waals surface area (Å²) in [6.07, 6.45) is 3.52. The molecule has 0 aliphatic heterocycles. The van der Waals surface area contributed by atoms with Crippen LogP contribution in [-0.2, 0) is 28.4 Å². The molecule has 0 bridgehead atoms. The minimum atomic E-state index is -4.29. The van der Waals surface area contributed by atoms with E-state index < -0.39 is 38.3 Å². The minimum Gasteiger partial charge on any atom is -0.543 e. The van der Waals surface area contributed by atoms with Gasteiger partial charge in [-0.15, -0.1) is 11.3 Å². The van der Waals surface area contributed by atoms with Crippen LogP contribution in [0.1, 0.15) is 16.2 Å². The molecule has 30 heavy (non-hydrogen) atoms. The van der Waals surface area contributed by atoms with E-state index in [0.29, 0.717) is 0 Å². The van der Waals surface area contributed by atoms with Crippen LogP contribution in [0.15, 0.2) is 41.1 Å². The molecule has 2 aromatic heterocycles. The molecule has 2 N–H and O–H groups in total. The van der Waals surface area contributed by atoms with Crippen LogP contribution in [0.2, 0.25) is 0 Å². The number of benzene rings is 1. The molecule has 0 unspecified atom stereocenters. The predicted octanol–water partition coefficient (Wildman–Crippen LogP) is 0.0196. The van der Waals surface area contributed by atoms with E-state index in [0.717, 1.165) is 40.7 Å². The zero-order valence-corrected chi connectivity index (χ0v) is 17.4. The molecule has 13 heteroatoms. The molecule has 0 aliphatic rings. The van der Waals surface area contributed by atoms with Crippen LogP contribution >= 0.6 is 11.3 Å². The van der Waals surface area contributed by atoms with Crippen LogP contribution in [0, 0.1) is 12.7 Å². The van der Waals surface area contributed by atoms with Gasteiger partial charge >= 0.3 is 0 Å². The van der Waals surface area contributed by atoms with Gasteiger partial charge in [0.1, 0.15) is 28.4 Å². The van der Waals surface area contributed by atoms with E-state index in [1.165, 1.54) is 0 Å². The quantitative estimate of drug-likeness (QED) is 0.484. The van der Waals surface area contributed by atoms with Gasteiger partial charge in [-0.1, -0.05) is 0 Å². The number of aromatic nitrogens is 3. The number of anilines is 2. The van der Waals surface area contributed by atoms with Gasteiger partial charge in [0.25, 0.3) is 15.9 Å². The fourth-order valence-corrected chi connectivity index (χ4v) is 4.63. The summed E-state index contributed by atoms with van der Waals surface area (Å²) in [5.41, 5.74) is 1.21. The predicted molar refractivity (Wildman–Crippen MR) is 103 cm³/mol. The Bertz CT molecular complexity index is 1240. The zero-order valence-electron chi connectivity index (χ0n) is 15.7. The number of hydrogen-bond acceptors (Lipinski definition) is 7. The largest absolute Gasteiger partial charge is 0.543 e. The minimum absolute atomic E-state index is 0.0505. The van der Waals surface area contributed by atoms with Gasteiger partial charge in [0.05, 0.1) is 29.1 Å². The van der Waals surface area contributed by atoms with E-state index in [1.807, 2.05) is 17.8 Å². The molecular formula is C17H16FN5O5S2. The van der Waals surface area contributed by atoms with Crippen molar-refractivity contribution in [2.75, 3.05) is 10.0 Å². The van der Waals surface area contributed by atoms with E-state index in [1.54, 1.807) is 22.5 Å². The maximum Gasteiger partial charge on any atom is 0.266 e. The number of carboxylic acids is 1. The van der Waals surface area contributed by atoms with Gasteiger partial charge in [0.2, 0.25) is 6.33 Å². The topological polar surface area (TPSA) is 137 Å². The highest BCUT2D eigenvalue weighted by Crippen LogP contribution is 2.25. The van der Waals surface area contributed by atoms with Gasteiger partial charge in [0.15, 0.2) is 6.54 Å². The van der Waals surface area contributed by atoms with E-state index in [9.17, 15) is 27.5 Å². The summed E-state index contributed by atoms with van der Waals surface area (Å²) in [4.78, 5) is 26.2. The number of imidazole rings is 1. The SMILES string of the molecule is Cc1c[n+](C)cn1CC(=O)Nc1ccc(S(=O)(=O)Nc2scnc2C(=O)[O-])cc1F. The lowest BCUT2D eigenvalue weighted by atomic mass is 10.3. The van der Waals surface area contributed by atoms with Crippen LogP contribution in [0.25, 0.3) is 0 Å². The maximum atomic E-state index is 14.4. The second kappa shape index (κ2) is 8.20. The summed E-state index contributed by atoms with van der Waals surface area (Å²) in [5, 5.41) is 13.1. The third-order valence-corrected chi connectivity index (χ3v) is 6.21. The van der Waals surface area contributed by atoms with Crippen molar-refractivity contribution in [3.8, 4) is 0 Å². The molecule has 10 nitrogen and oxygen atoms in total. The van der Waals surface area contributed by atoms with Gasteiger partial charge in [-0.25, -0.2) is 26.9 Å². The van der Waals surface area contributed by atoms with E-state index in [-0.39, 0.29) is 17.2 Å².